The Morgan fingerprint density at radius 3 is 2.38 bits per heavy atom. The highest BCUT2D eigenvalue weighted by Gasteiger charge is 2.32. The standard InChI is InChI=1S/C21H28N2O2S/c1-17-5-4-8-20(15-17)22-11-13-23(14-12-22)26(24,25)21-10-9-18-6-2-3-7-19(18)16-21/h2-3,6-7,9-10,16-17,20H,4-5,8,11-15H2,1H3/t17-,20+/m0/s1. The van der Waals surface area contributed by atoms with Crippen molar-refractivity contribution >= 4 is 20.8 Å². The minimum Gasteiger partial charge on any atom is -0.298 e. The van der Waals surface area contributed by atoms with Crippen molar-refractivity contribution in [3.8, 4) is 0 Å². The van der Waals surface area contributed by atoms with E-state index in [9.17, 15) is 8.42 Å². The summed E-state index contributed by atoms with van der Waals surface area (Å²) in [6.07, 6.45) is 5.17. The van der Waals surface area contributed by atoms with Crippen molar-refractivity contribution in [3.63, 3.8) is 0 Å². The number of fused-ring (bicyclic) bond motifs is 1. The number of benzene rings is 2. The Morgan fingerprint density at radius 1 is 0.923 bits per heavy atom. The van der Waals surface area contributed by atoms with Crippen LogP contribution in [0.25, 0.3) is 10.8 Å². The second kappa shape index (κ2) is 7.29. The maximum atomic E-state index is 13.1. The number of rotatable bonds is 3. The van der Waals surface area contributed by atoms with Crippen molar-refractivity contribution in [2.75, 3.05) is 26.2 Å². The largest absolute Gasteiger partial charge is 0.298 e. The molecule has 2 aromatic rings. The molecule has 0 spiro atoms. The molecule has 0 bridgehead atoms. The number of nitrogens with zero attached hydrogens (tertiary/aromatic N) is 2. The highest BCUT2D eigenvalue weighted by molar-refractivity contribution is 7.89. The van der Waals surface area contributed by atoms with Gasteiger partial charge in [-0.25, -0.2) is 8.42 Å². The molecular weight excluding hydrogens is 344 g/mol. The number of hydrogen-bond donors (Lipinski definition) is 0. The third-order valence-corrected chi connectivity index (χ3v) is 7.95. The van der Waals surface area contributed by atoms with Gasteiger partial charge < -0.3 is 0 Å². The average Bonchev–Trinajstić information content (AvgIpc) is 2.67. The molecule has 4 nitrogen and oxygen atoms in total. The molecule has 0 unspecified atom stereocenters. The van der Waals surface area contributed by atoms with E-state index in [-0.39, 0.29) is 0 Å². The molecule has 0 N–H and O–H groups in total. The van der Waals surface area contributed by atoms with Crippen LogP contribution >= 0.6 is 0 Å². The predicted molar refractivity (Wildman–Crippen MR) is 106 cm³/mol. The van der Waals surface area contributed by atoms with Crippen LogP contribution in [0.15, 0.2) is 47.4 Å². The maximum absolute atomic E-state index is 13.1. The molecule has 1 heterocycles. The summed E-state index contributed by atoms with van der Waals surface area (Å²) in [4.78, 5) is 2.93. The Morgan fingerprint density at radius 2 is 1.65 bits per heavy atom. The first-order valence-corrected chi connectivity index (χ1v) is 11.2. The molecule has 2 fully saturated rings. The lowest BCUT2D eigenvalue weighted by atomic mass is 9.86. The van der Waals surface area contributed by atoms with Gasteiger partial charge in [-0.3, -0.25) is 4.90 Å². The predicted octanol–water partition coefficient (Wildman–Crippen LogP) is 3.72. The second-order valence-electron chi connectivity index (χ2n) is 7.87. The fourth-order valence-electron chi connectivity index (χ4n) is 4.52. The van der Waals surface area contributed by atoms with E-state index in [0.717, 1.165) is 29.8 Å². The first-order chi connectivity index (χ1) is 12.5. The maximum Gasteiger partial charge on any atom is 0.243 e. The van der Waals surface area contributed by atoms with Crippen molar-refractivity contribution in [1.82, 2.24) is 9.21 Å². The van der Waals surface area contributed by atoms with Crippen LogP contribution in [0.5, 0.6) is 0 Å². The first-order valence-electron chi connectivity index (χ1n) is 9.77. The Balaban J connectivity index is 1.47. The van der Waals surface area contributed by atoms with E-state index in [1.807, 2.05) is 30.3 Å². The van der Waals surface area contributed by atoms with Crippen molar-refractivity contribution in [3.05, 3.63) is 42.5 Å². The monoisotopic (exact) mass is 372 g/mol. The van der Waals surface area contributed by atoms with Gasteiger partial charge in [-0.15, -0.1) is 0 Å². The lowest BCUT2D eigenvalue weighted by Crippen LogP contribution is -2.52. The van der Waals surface area contributed by atoms with Gasteiger partial charge in [-0.1, -0.05) is 50.1 Å². The normalized spacial score (nSPS) is 26.2. The van der Waals surface area contributed by atoms with Crippen LogP contribution in [0.3, 0.4) is 0 Å². The quantitative estimate of drug-likeness (QED) is 0.824. The molecule has 0 amide bonds. The van der Waals surface area contributed by atoms with E-state index in [2.05, 4.69) is 11.8 Å². The molecule has 1 saturated carbocycles. The van der Waals surface area contributed by atoms with E-state index in [0.29, 0.717) is 24.0 Å². The van der Waals surface area contributed by atoms with E-state index < -0.39 is 10.0 Å². The topological polar surface area (TPSA) is 40.6 Å². The molecule has 1 saturated heterocycles. The molecule has 2 aliphatic rings. The lowest BCUT2D eigenvalue weighted by molar-refractivity contribution is 0.0967. The Bertz CT molecular complexity index is 872. The van der Waals surface area contributed by atoms with Crippen molar-refractivity contribution < 1.29 is 8.42 Å². The summed E-state index contributed by atoms with van der Waals surface area (Å²) >= 11 is 0. The van der Waals surface area contributed by atoms with Gasteiger partial charge in [0, 0.05) is 32.2 Å². The van der Waals surface area contributed by atoms with Crippen molar-refractivity contribution in [2.45, 2.75) is 43.5 Å². The molecule has 5 heteroatoms. The van der Waals surface area contributed by atoms with Crippen LogP contribution in [0.1, 0.15) is 32.6 Å². The van der Waals surface area contributed by atoms with Crippen LogP contribution in [0.2, 0.25) is 0 Å². The first kappa shape index (κ1) is 18.0. The van der Waals surface area contributed by atoms with Crippen LogP contribution < -0.4 is 0 Å². The molecule has 140 valence electrons. The summed E-state index contributed by atoms with van der Waals surface area (Å²) < 4.78 is 27.8. The van der Waals surface area contributed by atoms with Gasteiger partial charge in [0.25, 0.3) is 0 Å². The van der Waals surface area contributed by atoms with E-state index in [1.54, 1.807) is 16.4 Å². The molecule has 26 heavy (non-hydrogen) atoms. The van der Waals surface area contributed by atoms with Crippen LogP contribution in [-0.4, -0.2) is 49.8 Å². The summed E-state index contributed by atoms with van der Waals surface area (Å²) in [6, 6.07) is 14.0. The molecule has 2 atom stereocenters. The summed E-state index contributed by atoms with van der Waals surface area (Å²) in [6.45, 7) is 5.24. The second-order valence-corrected chi connectivity index (χ2v) is 9.81. The SMILES string of the molecule is C[C@H]1CCC[C@@H](N2CCN(S(=O)(=O)c3ccc4ccccc4c3)CC2)C1. The highest BCUT2D eigenvalue weighted by atomic mass is 32.2. The van der Waals surface area contributed by atoms with Crippen molar-refractivity contribution in [2.24, 2.45) is 5.92 Å². The zero-order valence-corrected chi connectivity index (χ0v) is 16.3. The lowest BCUT2D eigenvalue weighted by Gasteiger charge is -2.41. The van der Waals surface area contributed by atoms with Gasteiger partial charge in [0.15, 0.2) is 0 Å². The molecule has 0 aromatic heterocycles. The fourth-order valence-corrected chi connectivity index (χ4v) is 5.98. The minimum atomic E-state index is -3.41. The smallest absolute Gasteiger partial charge is 0.243 e. The summed E-state index contributed by atoms with van der Waals surface area (Å²) in [5.74, 6) is 0.799. The Kier molecular flexibility index (Phi) is 5.04. The van der Waals surface area contributed by atoms with Gasteiger partial charge in [0.05, 0.1) is 4.90 Å². The van der Waals surface area contributed by atoms with Gasteiger partial charge in [-0.2, -0.15) is 4.31 Å². The Hall–Kier alpha value is -1.43. The molecule has 2 aromatic carbocycles. The number of piperazine rings is 1. The Labute approximate surface area is 156 Å². The van der Waals surface area contributed by atoms with Gasteiger partial charge in [-0.05, 0) is 41.7 Å². The molecule has 0 radical (unpaired) electrons. The third kappa shape index (κ3) is 3.53. The van der Waals surface area contributed by atoms with Crippen molar-refractivity contribution in [1.29, 1.82) is 0 Å². The number of sulfonamides is 1. The zero-order chi connectivity index (χ0) is 18.1. The third-order valence-electron chi connectivity index (χ3n) is 6.06. The van der Waals surface area contributed by atoms with Crippen LogP contribution in [-0.2, 0) is 10.0 Å². The summed E-state index contributed by atoms with van der Waals surface area (Å²) in [5.41, 5.74) is 0. The summed E-state index contributed by atoms with van der Waals surface area (Å²) in [7, 11) is -3.41. The molecule has 1 aliphatic carbocycles. The van der Waals surface area contributed by atoms with Gasteiger partial charge in [0.2, 0.25) is 10.0 Å². The van der Waals surface area contributed by atoms with Gasteiger partial charge >= 0.3 is 0 Å². The number of hydrogen-bond acceptors (Lipinski definition) is 3. The molecule has 4 rings (SSSR count). The highest BCUT2D eigenvalue weighted by Crippen LogP contribution is 2.29. The fraction of sp³-hybridized carbons (Fsp3) is 0.524. The van der Waals surface area contributed by atoms with E-state index in [4.69, 9.17) is 0 Å². The zero-order valence-electron chi connectivity index (χ0n) is 15.5. The van der Waals surface area contributed by atoms with Crippen LogP contribution in [0, 0.1) is 5.92 Å². The van der Waals surface area contributed by atoms with Crippen LogP contribution in [0.4, 0.5) is 0 Å². The molecule has 1 aliphatic heterocycles. The van der Waals surface area contributed by atoms with Gasteiger partial charge in [0.1, 0.15) is 0 Å². The van der Waals surface area contributed by atoms with E-state index >= 15 is 0 Å². The average molecular weight is 373 g/mol. The minimum absolute atomic E-state index is 0.413. The summed E-state index contributed by atoms with van der Waals surface area (Å²) in [5, 5.41) is 2.05. The van der Waals surface area contributed by atoms with E-state index in [1.165, 1.54) is 25.7 Å². The molecular formula is C21H28N2O2S.